The highest BCUT2D eigenvalue weighted by molar-refractivity contribution is 14.1. The van der Waals surface area contributed by atoms with E-state index in [4.69, 9.17) is 0 Å². The van der Waals surface area contributed by atoms with Gasteiger partial charge >= 0.3 is 6.03 Å². The molecule has 0 aromatic heterocycles. The lowest BCUT2D eigenvalue weighted by Crippen LogP contribution is -2.51. The smallest absolute Gasteiger partial charge is 0.328 e. The van der Waals surface area contributed by atoms with E-state index in [0.29, 0.717) is 13.6 Å². The molecule has 98 valence electrons. The molecule has 0 aliphatic carbocycles. The van der Waals surface area contributed by atoms with Crippen molar-refractivity contribution in [1.82, 2.24) is 10.6 Å². The number of carbonyl (C=O) groups excluding carboxylic acids is 3. The zero-order valence-electron chi connectivity index (χ0n) is 9.16. The van der Waals surface area contributed by atoms with E-state index in [1.165, 1.54) is 6.08 Å². The van der Waals surface area contributed by atoms with Crippen molar-refractivity contribution in [3.63, 3.8) is 0 Å². The number of phenolic OH excluding ortho intramolecular Hbond substituents is 1. The number of amides is 4. The van der Waals surface area contributed by atoms with E-state index in [0.717, 1.165) is 0 Å². The monoisotopic (exact) mass is 436 g/mol. The van der Waals surface area contributed by atoms with Gasteiger partial charge in [0.25, 0.3) is 11.8 Å². The van der Waals surface area contributed by atoms with E-state index in [9.17, 15) is 19.5 Å². The van der Waals surface area contributed by atoms with Crippen LogP contribution >= 0.6 is 38.5 Å². The van der Waals surface area contributed by atoms with Crippen molar-refractivity contribution < 1.29 is 19.5 Å². The van der Waals surface area contributed by atoms with Crippen LogP contribution in [0.1, 0.15) is 5.56 Å². The van der Waals surface area contributed by atoms with Crippen molar-refractivity contribution in [1.29, 1.82) is 0 Å². The summed E-state index contributed by atoms with van der Waals surface area (Å²) in [5.41, 5.74) is 0.0530. The van der Waals surface area contributed by atoms with Gasteiger partial charge in [-0.25, -0.2) is 4.79 Å². The highest BCUT2D eigenvalue weighted by Crippen LogP contribution is 2.30. The van der Waals surface area contributed by atoms with Gasteiger partial charge in [0.15, 0.2) is 0 Å². The van der Waals surface area contributed by atoms with Crippen molar-refractivity contribution in [3.8, 4) is 5.75 Å². The molecule has 1 aromatic carbocycles. The lowest BCUT2D eigenvalue weighted by atomic mass is 10.1. The molecule has 1 aliphatic rings. The zero-order chi connectivity index (χ0) is 14.2. The normalized spacial score (nSPS) is 15.1. The Morgan fingerprint density at radius 3 is 2.32 bits per heavy atom. The molecule has 4 amide bonds. The average Bonchev–Trinajstić information content (AvgIpc) is 2.29. The fourth-order valence-electron chi connectivity index (χ4n) is 1.46. The summed E-state index contributed by atoms with van der Waals surface area (Å²) < 4.78 is 1.25. The fraction of sp³-hybridized carbons (Fsp3) is 0. The average molecular weight is 437 g/mol. The van der Waals surface area contributed by atoms with Gasteiger partial charge in [-0.15, -0.1) is 0 Å². The minimum Gasteiger partial charge on any atom is -0.506 e. The molecule has 0 bridgehead atoms. The molecule has 8 heteroatoms. The number of hydrogen-bond acceptors (Lipinski definition) is 4. The number of phenols is 1. The van der Waals surface area contributed by atoms with Crippen LogP contribution in [0.2, 0.25) is 0 Å². The first-order valence-corrected chi connectivity index (χ1v) is 6.82. The van der Waals surface area contributed by atoms with E-state index in [1.807, 2.05) is 33.2 Å². The van der Waals surface area contributed by atoms with Crippen LogP contribution in [0.25, 0.3) is 6.08 Å². The molecule has 0 radical (unpaired) electrons. The Morgan fingerprint density at radius 2 is 1.74 bits per heavy atom. The number of aromatic hydroxyl groups is 1. The van der Waals surface area contributed by atoms with Crippen LogP contribution in [-0.4, -0.2) is 23.0 Å². The molecule has 0 atom stereocenters. The standard InChI is InChI=1S/C11H6BrIN2O4/c12-5-1-4(8(16)7(13)3-5)2-6-9(17)14-11(19)15-10(6)18/h1-3,16H,(H2,14,15,17,18,19). The fourth-order valence-corrected chi connectivity index (χ4v) is 3.01. The predicted molar refractivity (Wildman–Crippen MR) is 78.2 cm³/mol. The number of benzene rings is 1. The van der Waals surface area contributed by atoms with Gasteiger partial charge in [-0.2, -0.15) is 0 Å². The Morgan fingerprint density at radius 1 is 1.16 bits per heavy atom. The Labute approximate surface area is 129 Å². The lowest BCUT2D eigenvalue weighted by molar-refractivity contribution is -0.123. The summed E-state index contributed by atoms with van der Waals surface area (Å²) in [6.07, 6.45) is 1.22. The van der Waals surface area contributed by atoms with E-state index in [-0.39, 0.29) is 11.3 Å². The Bertz CT molecular complexity index is 620. The topological polar surface area (TPSA) is 95.5 Å². The van der Waals surface area contributed by atoms with Crippen LogP contribution in [0.4, 0.5) is 4.79 Å². The van der Waals surface area contributed by atoms with Crippen LogP contribution in [0.15, 0.2) is 22.2 Å². The summed E-state index contributed by atoms with van der Waals surface area (Å²) in [4.78, 5) is 34.0. The van der Waals surface area contributed by atoms with Crippen LogP contribution in [0.3, 0.4) is 0 Å². The van der Waals surface area contributed by atoms with Gasteiger partial charge in [0, 0.05) is 10.0 Å². The van der Waals surface area contributed by atoms with Crippen LogP contribution in [-0.2, 0) is 9.59 Å². The summed E-state index contributed by atoms with van der Waals surface area (Å²) in [5.74, 6) is -1.65. The first-order chi connectivity index (χ1) is 8.88. The second-order valence-corrected chi connectivity index (χ2v) is 5.70. The molecule has 0 saturated carbocycles. The molecule has 1 heterocycles. The highest BCUT2D eigenvalue weighted by Gasteiger charge is 2.28. The van der Waals surface area contributed by atoms with E-state index >= 15 is 0 Å². The van der Waals surface area contributed by atoms with Gasteiger partial charge in [-0.1, -0.05) is 15.9 Å². The summed E-state index contributed by atoms with van der Waals surface area (Å²) in [5, 5.41) is 13.8. The maximum atomic E-state index is 11.5. The maximum Gasteiger partial charge on any atom is 0.328 e. The third-order valence-corrected chi connectivity index (χ3v) is 3.58. The van der Waals surface area contributed by atoms with Gasteiger partial charge < -0.3 is 5.11 Å². The number of nitrogens with one attached hydrogen (secondary N) is 2. The van der Waals surface area contributed by atoms with Crippen molar-refractivity contribution >= 4 is 62.4 Å². The van der Waals surface area contributed by atoms with Gasteiger partial charge in [0.05, 0.1) is 3.57 Å². The van der Waals surface area contributed by atoms with E-state index in [2.05, 4.69) is 15.9 Å². The molecule has 1 saturated heterocycles. The van der Waals surface area contributed by atoms with Crippen molar-refractivity contribution in [2.24, 2.45) is 0 Å². The first kappa shape index (κ1) is 14.0. The minimum absolute atomic E-state index is 0.0474. The largest absolute Gasteiger partial charge is 0.506 e. The highest BCUT2D eigenvalue weighted by atomic mass is 127. The quantitative estimate of drug-likeness (QED) is 0.353. The van der Waals surface area contributed by atoms with Crippen LogP contribution < -0.4 is 10.6 Å². The second-order valence-electron chi connectivity index (χ2n) is 3.62. The molecule has 19 heavy (non-hydrogen) atoms. The third kappa shape index (κ3) is 2.95. The van der Waals surface area contributed by atoms with Crippen LogP contribution in [0.5, 0.6) is 5.75 Å². The SMILES string of the molecule is O=C1NC(=O)C(=Cc2cc(Br)cc(I)c2O)C(=O)N1. The zero-order valence-corrected chi connectivity index (χ0v) is 12.9. The van der Waals surface area contributed by atoms with E-state index in [1.54, 1.807) is 12.1 Å². The van der Waals surface area contributed by atoms with Crippen molar-refractivity contribution in [2.45, 2.75) is 0 Å². The number of halogens is 2. The van der Waals surface area contributed by atoms with Gasteiger partial charge in [0.1, 0.15) is 11.3 Å². The lowest BCUT2D eigenvalue weighted by Gasteiger charge is -2.14. The summed E-state index contributed by atoms with van der Waals surface area (Å²) >= 11 is 5.17. The van der Waals surface area contributed by atoms with Crippen LogP contribution in [0, 0.1) is 3.57 Å². The molecule has 2 rings (SSSR count). The van der Waals surface area contributed by atoms with Crippen molar-refractivity contribution in [2.75, 3.05) is 0 Å². The molecule has 3 N–H and O–H groups in total. The Balaban J connectivity index is 2.49. The number of hydrogen-bond donors (Lipinski definition) is 3. The molecule has 0 unspecified atom stereocenters. The third-order valence-electron chi connectivity index (χ3n) is 2.30. The van der Waals surface area contributed by atoms with Gasteiger partial charge in [0.2, 0.25) is 0 Å². The Hall–Kier alpha value is -1.42. The summed E-state index contributed by atoms with van der Waals surface area (Å²) in [6, 6.07) is 2.38. The number of carbonyl (C=O) groups is 3. The summed E-state index contributed by atoms with van der Waals surface area (Å²) in [7, 11) is 0. The molecule has 1 aromatic rings. The molecular weight excluding hydrogens is 431 g/mol. The molecular formula is C11H6BrIN2O4. The molecule has 1 fully saturated rings. The first-order valence-electron chi connectivity index (χ1n) is 4.95. The van der Waals surface area contributed by atoms with Gasteiger partial charge in [-0.3, -0.25) is 20.2 Å². The van der Waals surface area contributed by atoms with E-state index < -0.39 is 17.8 Å². The number of barbiturate groups is 1. The summed E-state index contributed by atoms with van der Waals surface area (Å²) in [6.45, 7) is 0. The molecule has 0 spiro atoms. The number of urea groups is 1. The molecule has 6 nitrogen and oxygen atoms in total. The Kier molecular flexibility index (Phi) is 3.90. The second kappa shape index (κ2) is 5.29. The predicted octanol–water partition coefficient (Wildman–Crippen LogP) is 1.51. The van der Waals surface area contributed by atoms with Crippen molar-refractivity contribution in [3.05, 3.63) is 31.3 Å². The number of rotatable bonds is 1. The molecule has 1 aliphatic heterocycles. The maximum absolute atomic E-state index is 11.5. The number of imide groups is 2. The minimum atomic E-state index is -0.861. The van der Waals surface area contributed by atoms with Gasteiger partial charge in [-0.05, 0) is 40.8 Å².